The molecule has 2 aliphatic rings. The first-order valence-electron chi connectivity index (χ1n) is 8.70. The lowest BCUT2D eigenvalue weighted by Gasteiger charge is -2.31. The first kappa shape index (κ1) is 17.0. The molecule has 0 aromatic carbocycles. The Balaban J connectivity index is 1.47. The van der Waals surface area contributed by atoms with E-state index >= 15 is 0 Å². The standard InChI is InChI=1S/C17H26N4O3/c1-12-9-13(2)21(19-12)6-5-18-17(23)14-10-16(22)20(11-14)15-3-7-24-8-4-15/h9,14-15H,3-8,10-11H2,1-2H3,(H,18,23). The largest absolute Gasteiger partial charge is 0.381 e. The Kier molecular flexibility index (Phi) is 5.18. The summed E-state index contributed by atoms with van der Waals surface area (Å²) < 4.78 is 7.24. The van der Waals surface area contributed by atoms with E-state index < -0.39 is 0 Å². The Morgan fingerprint density at radius 2 is 2.12 bits per heavy atom. The van der Waals surface area contributed by atoms with Gasteiger partial charge in [0.2, 0.25) is 11.8 Å². The van der Waals surface area contributed by atoms with E-state index in [-0.39, 0.29) is 23.8 Å². The smallest absolute Gasteiger partial charge is 0.225 e. The minimum absolute atomic E-state index is 0.0283. The second kappa shape index (κ2) is 7.34. The average Bonchev–Trinajstić information content (AvgIpc) is 3.10. The highest BCUT2D eigenvalue weighted by molar-refractivity contribution is 5.89. The summed E-state index contributed by atoms with van der Waals surface area (Å²) in [5, 5.41) is 7.33. The number of nitrogens with zero attached hydrogens (tertiary/aromatic N) is 3. The molecule has 1 unspecified atom stereocenters. The summed E-state index contributed by atoms with van der Waals surface area (Å²) in [6.45, 7) is 7.08. The zero-order valence-electron chi connectivity index (χ0n) is 14.5. The Labute approximate surface area is 142 Å². The van der Waals surface area contributed by atoms with Crippen LogP contribution in [0.2, 0.25) is 0 Å². The number of likely N-dealkylation sites (tertiary alicyclic amines) is 1. The van der Waals surface area contributed by atoms with Crippen molar-refractivity contribution in [1.29, 1.82) is 0 Å². The van der Waals surface area contributed by atoms with Gasteiger partial charge in [-0.1, -0.05) is 0 Å². The van der Waals surface area contributed by atoms with Gasteiger partial charge >= 0.3 is 0 Å². The van der Waals surface area contributed by atoms with Crippen molar-refractivity contribution in [1.82, 2.24) is 20.0 Å². The fourth-order valence-corrected chi connectivity index (χ4v) is 3.59. The van der Waals surface area contributed by atoms with Gasteiger partial charge < -0.3 is 15.0 Å². The molecule has 1 N–H and O–H groups in total. The predicted molar refractivity (Wildman–Crippen MR) is 88.4 cm³/mol. The molecule has 7 heteroatoms. The molecule has 132 valence electrons. The monoisotopic (exact) mass is 334 g/mol. The number of ether oxygens (including phenoxy) is 1. The average molecular weight is 334 g/mol. The van der Waals surface area contributed by atoms with Crippen LogP contribution in [-0.4, -0.2) is 58.8 Å². The van der Waals surface area contributed by atoms with Crippen molar-refractivity contribution < 1.29 is 14.3 Å². The van der Waals surface area contributed by atoms with Crippen LogP contribution >= 0.6 is 0 Å². The van der Waals surface area contributed by atoms with Gasteiger partial charge in [-0.25, -0.2) is 0 Å². The van der Waals surface area contributed by atoms with E-state index in [2.05, 4.69) is 10.4 Å². The number of hydrogen-bond donors (Lipinski definition) is 1. The zero-order chi connectivity index (χ0) is 17.1. The molecule has 0 spiro atoms. The molecule has 3 heterocycles. The van der Waals surface area contributed by atoms with Gasteiger partial charge in [0.1, 0.15) is 0 Å². The van der Waals surface area contributed by atoms with Gasteiger partial charge in [0.15, 0.2) is 0 Å². The Morgan fingerprint density at radius 3 is 2.79 bits per heavy atom. The minimum atomic E-state index is -0.235. The van der Waals surface area contributed by atoms with Crippen LogP contribution in [0.3, 0.4) is 0 Å². The fraction of sp³-hybridized carbons (Fsp3) is 0.706. The number of carbonyl (C=O) groups excluding carboxylic acids is 2. The normalized spacial score (nSPS) is 22.2. The lowest BCUT2D eigenvalue weighted by Crippen LogP contribution is -2.41. The van der Waals surface area contributed by atoms with Gasteiger partial charge in [-0.15, -0.1) is 0 Å². The number of carbonyl (C=O) groups is 2. The maximum absolute atomic E-state index is 12.4. The number of amides is 2. The van der Waals surface area contributed by atoms with Crippen LogP contribution in [0, 0.1) is 19.8 Å². The van der Waals surface area contributed by atoms with Crippen LogP contribution in [0.5, 0.6) is 0 Å². The maximum atomic E-state index is 12.4. The molecule has 2 aliphatic heterocycles. The molecule has 2 amide bonds. The van der Waals surface area contributed by atoms with Gasteiger partial charge in [0, 0.05) is 44.5 Å². The summed E-state index contributed by atoms with van der Waals surface area (Å²) in [6.07, 6.45) is 2.07. The number of aryl methyl sites for hydroxylation is 2. The molecular weight excluding hydrogens is 308 g/mol. The minimum Gasteiger partial charge on any atom is -0.381 e. The van der Waals surface area contributed by atoms with E-state index in [1.807, 2.05) is 29.5 Å². The van der Waals surface area contributed by atoms with Crippen LogP contribution in [0.25, 0.3) is 0 Å². The molecule has 1 aromatic rings. The zero-order valence-corrected chi connectivity index (χ0v) is 14.5. The second-order valence-electron chi connectivity index (χ2n) is 6.73. The molecule has 1 atom stereocenters. The van der Waals surface area contributed by atoms with Crippen LogP contribution in [0.4, 0.5) is 0 Å². The van der Waals surface area contributed by atoms with Crippen molar-refractivity contribution in [3.8, 4) is 0 Å². The molecule has 0 radical (unpaired) electrons. The quantitative estimate of drug-likeness (QED) is 0.857. The maximum Gasteiger partial charge on any atom is 0.225 e. The Hall–Kier alpha value is -1.89. The highest BCUT2D eigenvalue weighted by atomic mass is 16.5. The van der Waals surface area contributed by atoms with Gasteiger partial charge in [-0.05, 0) is 32.8 Å². The van der Waals surface area contributed by atoms with Crippen LogP contribution in [0.15, 0.2) is 6.07 Å². The van der Waals surface area contributed by atoms with Crippen LogP contribution in [0.1, 0.15) is 30.7 Å². The van der Waals surface area contributed by atoms with Crippen LogP contribution in [-0.2, 0) is 20.9 Å². The predicted octanol–water partition coefficient (Wildman–Crippen LogP) is 0.644. The third-order valence-electron chi connectivity index (χ3n) is 4.89. The Morgan fingerprint density at radius 1 is 1.38 bits per heavy atom. The summed E-state index contributed by atoms with van der Waals surface area (Å²) in [4.78, 5) is 26.5. The molecule has 0 bridgehead atoms. The molecule has 2 fully saturated rings. The molecule has 24 heavy (non-hydrogen) atoms. The topological polar surface area (TPSA) is 76.5 Å². The van der Waals surface area contributed by atoms with E-state index in [0.717, 1.165) is 24.2 Å². The molecule has 0 aliphatic carbocycles. The number of rotatable bonds is 5. The van der Waals surface area contributed by atoms with E-state index in [1.54, 1.807) is 0 Å². The van der Waals surface area contributed by atoms with Gasteiger partial charge in [-0.3, -0.25) is 14.3 Å². The van der Waals surface area contributed by atoms with E-state index in [9.17, 15) is 9.59 Å². The third kappa shape index (κ3) is 3.77. The molecule has 1 aromatic heterocycles. The molecule has 3 rings (SSSR count). The lowest BCUT2D eigenvalue weighted by atomic mass is 10.1. The summed E-state index contributed by atoms with van der Waals surface area (Å²) >= 11 is 0. The first-order chi connectivity index (χ1) is 11.5. The van der Waals surface area contributed by atoms with Crippen molar-refractivity contribution in [2.45, 2.75) is 45.7 Å². The number of hydrogen-bond acceptors (Lipinski definition) is 4. The van der Waals surface area contributed by atoms with Crippen molar-refractivity contribution in [3.63, 3.8) is 0 Å². The van der Waals surface area contributed by atoms with Crippen molar-refractivity contribution in [2.24, 2.45) is 5.92 Å². The summed E-state index contributed by atoms with van der Waals surface area (Å²) in [5.41, 5.74) is 2.07. The SMILES string of the molecule is Cc1cc(C)n(CCNC(=O)C2CC(=O)N(C3CCOCC3)C2)n1. The fourth-order valence-electron chi connectivity index (χ4n) is 3.59. The molecule has 0 saturated carbocycles. The summed E-state index contributed by atoms with van der Waals surface area (Å²) in [5.74, 6) is -0.166. The van der Waals surface area contributed by atoms with Crippen molar-refractivity contribution in [2.75, 3.05) is 26.3 Å². The van der Waals surface area contributed by atoms with Gasteiger partial charge in [0.25, 0.3) is 0 Å². The van der Waals surface area contributed by atoms with Crippen molar-refractivity contribution >= 4 is 11.8 Å². The van der Waals surface area contributed by atoms with Gasteiger partial charge in [-0.2, -0.15) is 5.10 Å². The van der Waals surface area contributed by atoms with Crippen LogP contribution < -0.4 is 5.32 Å². The highest BCUT2D eigenvalue weighted by Gasteiger charge is 2.38. The molecular formula is C17H26N4O3. The molecule has 7 nitrogen and oxygen atoms in total. The summed E-state index contributed by atoms with van der Waals surface area (Å²) in [7, 11) is 0. The van der Waals surface area contributed by atoms with E-state index in [0.29, 0.717) is 39.3 Å². The van der Waals surface area contributed by atoms with Crippen molar-refractivity contribution in [3.05, 3.63) is 17.5 Å². The molecule has 2 saturated heterocycles. The number of nitrogens with one attached hydrogen (secondary N) is 1. The van der Waals surface area contributed by atoms with E-state index in [4.69, 9.17) is 4.74 Å². The van der Waals surface area contributed by atoms with E-state index in [1.165, 1.54) is 0 Å². The Bertz CT molecular complexity index is 607. The summed E-state index contributed by atoms with van der Waals surface area (Å²) in [6, 6.07) is 2.25. The second-order valence-corrected chi connectivity index (χ2v) is 6.73. The third-order valence-corrected chi connectivity index (χ3v) is 4.89. The highest BCUT2D eigenvalue weighted by Crippen LogP contribution is 2.24. The number of aromatic nitrogens is 2. The first-order valence-corrected chi connectivity index (χ1v) is 8.70. The lowest BCUT2D eigenvalue weighted by molar-refractivity contribution is -0.131. The van der Waals surface area contributed by atoms with Gasteiger partial charge in [0.05, 0.1) is 18.2 Å².